The topological polar surface area (TPSA) is 58.4 Å². The maximum atomic E-state index is 12.1. The highest BCUT2D eigenvalue weighted by molar-refractivity contribution is 5.86. The minimum Gasteiger partial charge on any atom is -0.354 e. The lowest BCUT2D eigenvalue weighted by Crippen LogP contribution is -2.55. The highest BCUT2D eigenvalue weighted by atomic mass is 35.5. The normalized spacial score (nSPS) is 21.6. The zero-order valence-electron chi connectivity index (χ0n) is 12.2. The Kier molecular flexibility index (Phi) is 9.81. The fourth-order valence-corrected chi connectivity index (χ4v) is 3.10. The fraction of sp³-hybridized carbons (Fsp3) is 0.929. The first-order chi connectivity index (χ1) is 8.71. The van der Waals surface area contributed by atoms with E-state index in [0.717, 1.165) is 45.2 Å². The van der Waals surface area contributed by atoms with Gasteiger partial charge in [0.25, 0.3) is 0 Å². The first-order valence-electron chi connectivity index (χ1n) is 7.50. The van der Waals surface area contributed by atoms with Gasteiger partial charge < -0.3 is 16.0 Å². The van der Waals surface area contributed by atoms with Crippen LogP contribution in [0.3, 0.4) is 0 Å². The van der Waals surface area contributed by atoms with Gasteiger partial charge in [0.2, 0.25) is 5.91 Å². The minimum atomic E-state index is -0.577. The first-order valence-corrected chi connectivity index (χ1v) is 7.50. The second kappa shape index (κ2) is 9.82. The number of carbonyl (C=O) groups excluding carboxylic acids is 1. The lowest BCUT2D eigenvalue weighted by Gasteiger charge is -2.31. The fourth-order valence-electron chi connectivity index (χ4n) is 3.10. The summed E-state index contributed by atoms with van der Waals surface area (Å²) in [6.45, 7) is 4.34. The molecule has 0 aromatic rings. The van der Waals surface area contributed by atoms with Gasteiger partial charge in [0.15, 0.2) is 0 Å². The van der Waals surface area contributed by atoms with Crippen molar-refractivity contribution in [2.24, 2.45) is 5.73 Å². The third kappa shape index (κ3) is 5.76. The first kappa shape index (κ1) is 20.0. The molecule has 1 heterocycles. The van der Waals surface area contributed by atoms with Gasteiger partial charge in [0.1, 0.15) is 0 Å². The van der Waals surface area contributed by atoms with Crippen LogP contribution in [0, 0.1) is 0 Å². The molecule has 0 unspecified atom stereocenters. The molecule has 0 spiro atoms. The summed E-state index contributed by atoms with van der Waals surface area (Å²) in [6.07, 6.45) is 8.82. The van der Waals surface area contributed by atoms with Crippen molar-refractivity contribution in [1.29, 1.82) is 0 Å². The van der Waals surface area contributed by atoms with Crippen molar-refractivity contribution in [3.05, 3.63) is 0 Å². The molecular weight excluding hydrogens is 297 g/mol. The van der Waals surface area contributed by atoms with Crippen LogP contribution in [0.2, 0.25) is 0 Å². The molecule has 0 aromatic heterocycles. The van der Waals surface area contributed by atoms with Crippen molar-refractivity contribution in [3.63, 3.8) is 0 Å². The van der Waals surface area contributed by atoms with Gasteiger partial charge in [-0.15, -0.1) is 24.8 Å². The lowest BCUT2D eigenvalue weighted by atomic mass is 9.82. The zero-order chi connectivity index (χ0) is 12.8. The van der Waals surface area contributed by atoms with E-state index in [1.807, 2.05) is 0 Å². The van der Waals surface area contributed by atoms with Gasteiger partial charge in [0, 0.05) is 6.54 Å². The molecule has 2 fully saturated rings. The Balaban J connectivity index is 0.00000180. The van der Waals surface area contributed by atoms with E-state index < -0.39 is 5.54 Å². The predicted octanol–water partition coefficient (Wildman–Crippen LogP) is 2.09. The highest BCUT2D eigenvalue weighted by Crippen LogP contribution is 2.25. The second-order valence-corrected chi connectivity index (χ2v) is 5.88. The second-order valence-electron chi connectivity index (χ2n) is 5.88. The summed E-state index contributed by atoms with van der Waals surface area (Å²) in [4.78, 5) is 14.5. The molecule has 0 atom stereocenters. The Hall–Kier alpha value is -0.0300. The number of carbonyl (C=O) groups is 1. The van der Waals surface area contributed by atoms with Gasteiger partial charge >= 0.3 is 0 Å². The largest absolute Gasteiger partial charge is 0.354 e. The third-order valence-corrected chi connectivity index (χ3v) is 4.33. The van der Waals surface area contributed by atoms with Crippen LogP contribution in [-0.4, -0.2) is 42.5 Å². The molecule has 2 aliphatic rings. The van der Waals surface area contributed by atoms with Crippen molar-refractivity contribution in [2.45, 2.75) is 56.9 Å². The molecule has 2 rings (SSSR count). The smallest absolute Gasteiger partial charge is 0.240 e. The number of hydrogen-bond donors (Lipinski definition) is 2. The number of hydrogen-bond acceptors (Lipinski definition) is 3. The van der Waals surface area contributed by atoms with Crippen LogP contribution in [0.5, 0.6) is 0 Å². The van der Waals surface area contributed by atoms with Crippen LogP contribution in [0.15, 0.2) is 0 Å². The van der Waals surface area contributed by atoms with Crippen LogP contribution in [0.4, 0.5) is 0 Å². The van der Waals surface area contributed by atoms with E-state index in [0.29, 0.717) is 0 Å². The molecule has 0 bridgehead atoms. The molecule has 120 valence electrons. The Labute approximate surface area is 135 Å². The van der Waals surface area contributed by atoms with E-state index >= 15 is 0 Å². The van der Waals surface area contributed by atoms with E-state index in [4.69, 9.17) is 5.73 Å². The van der Waals surface area contributed by atoms with Crippen LogP contribution in [0.25, 0.3) is 0 Å². The van der Waals surface area contributed by atoms with Gasteiger partial charge in [-0.2, -0.15) is 0 Å². The van der Waals surface area contributed by atoms with Gasteiger partial charge in [0.05, 0.1) is 5.54 Å². The van der Waals surface area contributed by atoms with Crippen LogP contribution < -0.4 is 11.1 Å². The molecule has 0 radical (unpaired) electrons. The Morgan fingerprint density at radius 2 is 1.65 bits per heavy atom. The van der Waals surface area contributed by atoms with E-state index in [-0.39, 0.29) is 30.7 Å². The Bertz CT molecular complexity index is 278. The molecule has 6 heteroatoms. The van der Waals surface area contributed by atoms with Crippen molar-refractivity contribution < 1.29 is 4.79 Å². The predicted molar refractivity (Wildman–Crippen MR) is 87.8 cm³/mol. The summed E-state index contributed by atoms with van der Waals surface area (Å²) < 4.78 is 0. The van der Waals surface area contributed by atoms with E-state index in [9.17, 15) is 4.79 Å². The van der Waals surface area contributed by atoms with Crippen LogP contribution >= 0.6 is 24.8 Å². The molecule has 1 amide bonds. The van der Waals surface area contributed by atoms with E-state index in [2.05, 4.69) is 10.2 Å². The molecule has 1 aliphatic carbocycles. The Morgan fingerprint density at radius 1 is 1.05 bits per heavy atom. The summed E-state index contributed by atoms with van der Waals surface area (Å²) in [7, 11) is 0. The molecule has 1 saturated carbocycles. The molecule has 0 aromatic carbocycles. The average Bonchev–Trinajstić information content (AvgIpc) is 2.88. The SMILES string of the molecule is Cl.Cl.NC1(C(=O)NCCCN2CCCC2)CCCCC1. The molecule has 1 aliphatic heterocycles. The number of rotatable bonds is 5. The summed E-state index contributed by atoms with van der Waals surface area (Å²) >= 11 is 0. The average molecular weight is 326 g/mol. The molecule has 3 N–H and O–H groups in total. The third-order valence-electron chi connectivity index (χ3n) is 4.33. The van der Waals surface area contributed by atoms with E-state index in [1.54, 1.807) is 0 Å². The zero-order valence-corrected chi connectivity index (χ0v) is 13.9. The summed E-state index contributed by atoms with van der Waals surface area (Å²) in [5.41, 5.74) is 5.61. The molecular formula is C14H29Cl2N3O. The molecule has 20 heavy (non-hydrogen) atoms. The van der Waals surface area contributed by atoms with Gasteiger partial charge in [-0.1, -0.05) is 19.3 Å². The van der Waals surface area contributed by atoms with Crippen molar-refractivity contribution >= 4 is 30.7 Å². The van der Waals surface area contributed by atoms with Gasteiger partial charge in [-0.3, -0.25) is 4.79 Å². The van der Waals surface area contributed by atoms with Crippen molar-refractivity contribution in [2.75, 3.05) is 26.2 Å². The van der Waals surface area contributed by atoms with Gasteiger partial charge in [-0.05, 0) is 51.7 Å². The lowest BCUT2D eigenvalue weighted by molar-refractivity contribution is -0.127. The number of halogens is 2. The standard InChI is InChI=1S/C14H27N3O.2ClH/c15-14(7-2-1-3-8-14)13(18)16-9-6-12-17-10-4-5-11-17;;/h1-12,15H2,(H,16,18);2*1H. The van der Waals surface area contributed by atoms with E-state index in [1.165, 1.54) is 32.4 Å². The Morgan fingerprint density at radius 3 is 2.25 bits per heavy atom. The highest BCUT2D eigenvalue weighted by Gasteiger charge is 2.34. The van der Waals surface area contributed by atoms with Crippen LogP contribution in [-0.2, 0) is 4.79 Å². The maximum Gasteiger partial charge on any atom is 0.240 e. The number of nitrogens with one attached hydrogen (secondary N) is 1. The number of nitrogens with two attached hydrogens (primary N) is 1. The quantitative estimate of drug-likeness (QED) is 0.761. The summed E-state index contributed by atoms with van der Waals surface area (Å²) in [5, 5.41) is 3.03. The molecule has 4 nitrogen and oxygen atoms in total. The summed E-state index contributed by atoms with van der Waals surface area (Å²) in [5.74, 6) is 0.0728. The monoisotopic (exact) mass is 325 g/mol. The molecule has 1 saturated heterocycles. The van der Waals surface area contributed by atoms with Gasteiger partial charge in [-0.25, -0.2) is 0 Å². The number of nitrogens with zero attached hydrogens (tertiary/aromatic N) is 1. The number of likely N-dealkylation sites (tertiary alicyclic amines) is 1. The van der Waals surface area contributed by atoms with Crippen molar-refractivity contribution in [1.82, 2.24) is 10.2 Å². The maximum absolute atomic E-state index is 12.1. The van der Waals surface area contributed by atoms with Crippen LogP contribution in [0.1, 0.15) is 51.4 Å². The summed E-state index contributed by atoms with van der Waals surface area (Å²) in [6, 6.07) is 0. The number of amides is 1. The minimum absolute atomic E-state index is 0. The van der Waals surface area contributed by atoms with Crippen molar-refractivity contribution in [3.8, 4) is 0 Å².